The minimum Gasteiger partial charge on any atom is -0.324 e. The average Bonchev–Trinajstić information content (AvgIpc) is 2.85. The molecule has 1 atom stereocenters. The molecule has 1 heterocycles. The van der Waals surface area contributed by atoms with Gasteiger partial charge in [-0.1, -0.05) is 19.1 Å². The molecule has 0 aliphatic carbocycles. The molecular formula is C15H19NS2. The van der Waals surface area contributed by atoms with Gasteiger partial charge < -0.3 is 5.73 Å². The lowest BCUT2D eigenvalue weighted by Gasteiger charge is -2.06. The number of benzene rings is 1. The highest BCUT2D eigenvalue weighted by Crippen LogP contribution is 2.27. The normalized spacial score (nSPS) is 12.6. The van der Waals surface area contributed by atoms with Crippen molar-refractivity contribution in [3.05, 3.63) is 51.7 Å². The first-order chi connectivity index (χ1) is 8.69. The van der Waals surface area contributed by atoms with Gasteiger partial charge in [-0.3, -0.25) is 0 Å². The van der Waals surface area contributed by atoms with Crippen LogP contribution in [0, 0.1) is 0 Å². The van der Waals surface area contributed by atoms with Crippen molar-refractivity contribution in [2.75, 3.05) is 0 Å². The number of thiophene rings is 1. The monoisotopic (exact) mass is 277 g/mol. The Kier molecular flexibility index (Phi) is 4.87. The van der Waals surface area contributed by atoms with Gasteiger partial charge >= 0.3 is 0 Å². The Hall–Kier alpha value is -0.770. The van der Waals surface area contributed by atoms with Crippen molar-refractivity contribution in [3.63, 3.8) is 0 Å². The zero-order chi connectivity index (χ0) is 13.0. The second kappa shape index (κ2) is 6.41. The number of aryl methyl sites for hydroxylation is 1. The third-order valence-corrected chi connectivity index (χ3v) is 5.33. The Morgan fingerprint density at radius 3 is 2.33 bits per heavy atom. The summed E-state index contributed by atoms with van der Waals surface area (Å²) in [5, 5.41) is 0. The van der Waals surface area contributed by atoms with E-state index in [2.05, 4.69) is 43.3 Å². The van der Waals surface area contributed by atoms with E-state index >= 15 is 0 Å². The maximum Gasteiger partial charge on any atom is 0.0326 e. The Labute approximate surface area is 117 Å². The standard InChI is InChI=1S/C15H19NS2/c1-3-13-8-9-15(18-13)10-17-14-6-4-12(5-7-14)11(2)16/h4-9,11H,3,10,16H2,1-2H3. The van der Waals surface area contributed by atoms with Gasteiger partial charge in [0.25, 0.3) is 0 Å². The molecule has 0 fully saturated rings. The molecule has 3 heteroatoms. The summed E-state index contributed by atoms with van der Waals surface area (Å²) >= 11 is 3.81. The van der Waals surface area contributed by atoms with E-state index < -0.39 is 0 Å². The van der Waals surface area contributed by atoms with Crippen molar-refractivity contribution in [1.82, 2.24) is 0 Å². The lowest BCUT2D eigenvalue weighted by Crippen LogP contribution is -2.04. The molecule has 0 radical (unpaired) electrons. The molecule has 18 heavy (non-hydrogen) atoms. The van der Waals surface area contributed by atoms with E-state index in [0.29, 0.717) is 0 Å². The molecule has 0 saturated heterocycles. The van der Waals surface area contributed by atoms with Crippen LogP contribution >= 0.6 is 23.1 Å². The second-order valence-electron chi connectivity index (χ2n) is 4.37. The lowest BCUT2D eigenvalue weighted by atomic mass is 10.1. The molecule has 0 amide bonds. The van der Waals surface area contributed by atoms with Crippen LogP contribution in [-0.4, -0.2) is 0 Å². The summed E-state index contributed by atoms with van der Waals surface area (Å²) in [6.45, 7) is 4.22. The van der Waals surface area contributed by atoms with E-state index in [1.165, 1.54) is 20.2 Å². The van der Waals surface area contributed by atoms with Crippen LogP contribution < -0.4 is 5.73 Å². The van der Waals surface area contributed by atoms with Gasteiger partial charge in [0.1, 0.15) is 0 Å². The largest absolute Gasteiger partial charge is 0.324 e. The van der Waals surface area contributed by atoms with E-state index in [4.69, 9.17) is 5.73 Å². The molecule has 96 valence electrons. The van der Waals surface area contributed by atoms with Crippen LogP contribution in [0.2, 0.25) is 0 Å². The van der Waals surface area contributed by atoms with Gasteiger partial charge in [0.15, 0.2) is 0 Å². The molecule has 1 unspecified atom stereocenters. The van der Waals surface area contributed by atoms with Gasteiger partial charge in [-0.05, 0) is 43.2 Å². The highest BCUT2D eigenvalue weighted by atomic mass is 32.2. The van der Waals surface area contributed by atoms with Crippen LogP contribution in [-0.2, 0) is 12.2 Å². The SMILES string of the molecule is CCc1ccc(CSc2ccc(C(C)N)cc2)s1. The third-order valence-electron chi connectivity index (χ3n) is 2.85. The van der Waals surface area contributed by atoms with Crippen molar-refractivity contribution in [2.24, 2.45) is 5.73 Å². The van der Waals surface area contributed by atoms with Crippen molar-refractivity contribution >= 4 is 23.1 Å². The van der Waals surface area contributed by atoms with E-state index in [1.807, 2.05) is 30.0 Å². The van der Waals surface area contributed by atoms with Crippen molar-refractivity contribution < 1.29 is 0 Å². The predicted octanol–water partition coefficient (Wildman–Crippen LogP) is 4.62. The van der Waals surface area contributed by atoms with Gasteiger partial charge in [0, 0.05) is 26.4 Å². The predicted molar refractivity (Wildman–Crippen MR) is 82.3 cm³/mol. The molecule has 2 rings (SSSR count). The molecule has 2 N–H and O–H groups in total. The van der Waals surface area contributed by atoms with Crippen molar-refractivity contribution in [2.45, 2.75) is 37.0 Å². The van der Waals surface area contributed by atoms with Gasteiger partial charge in [0.2, 0.25) is 0 Å². The maximum atomic E-state index is 5.84. The minimum atomic E-state index is 0.119. The first-order valence-corrected chi connectivity index (χ1v) is 8.05. The average molecular weight is 277 g/mol. The van der Waals surface area contributed by atoms with E-state index in [1.54, 1.807) is 0 Å². The quantitative estimate of drug-likeness (QED) is 0.807. The Morgan fingerprint density at radius 1 is 1.11 bits per heavy atom. The van der Waals surface area contributed by atoms with Gasteiger partial charge in [-0.2, -0.15) is 0 Å². The molecule has 0 aliphatic rings. The van der Waals surface area contributed by atoms with Crippen LogP contribution in [0.3, 0.4) is 0 Å². The fraction of sp³-hybridized carbons (Fsp3) is 0.333. The topological polar surface area (TPSA) is 26.0 Å². The maximum absolute atomic E-state index is 5.84. The van der Waals surface area contributed by atoms with Crippen LogP contribution in [0.25, 0.3) is 0 Å². The summed E-state index contributed by atoms with van der Waals surface area (Å²) in [7, 11) is 0. The third kappa shape index (κ3) is 3.61. The summed E-state index contributed by atoms with van der Waals surface area (Å²) in [4.78, 5) is 4.23. The fourth-order valence-electron chi connectivity index (χ4n) is 1.71. The Bertz CT molecular complexity index is 485. The van der Waals surface area contributed by atoms with E-state index in [-0.39, 0.29) is 6.04 Å². The zero-order valence-corrected chi connectivity index (χ0v) is 12.5. The molecule has 0 aliphatic heterocycles. The number of rotatable bonds is 5. The summed E-state index contributed by atoms with van der Waals surface area (Å²) in [5.74, 6) is 1.06. The summed E-state index contributed by atoms with van der Waals surface area (Å²) in [5.41, 5.74) is 7.04. The molecule has 1 nitrogen and oxygen atoms in total. The first-order valence-electron chi connectivity index (χ1n) is 6.25. The lowest BCUT2D eigenvalue weighted by molar-refractivity contribution is 0.817. The molecule has 0 saturated carbocycles. The molecule has 1 aromatic heterocycles. The number of nitrogens with two attached hydrogens (primary N) is 1. The van der Waals surface area contributed by atoms with E-state index in [0.717, 1.165) is 12.2 Å². The Balaban J connectivity index is 1.93. The first kappa shape index (κ1) is 13.7. The van der Waals surface area contributed by atoms with E-state index in [9.17, 15) is 0 Å². The molecule has 0 spiro atoms. The highest BCUT2D eigenvalue weighted by molar-refractivity contribution is 7.98. The summed E-state index contributed by atoms with van der Waals surface area (Å²) < 4.78 is 0. The van der Waals surface area contributed by atoms with Crippen molar-refractivity contribution in [1.29, 1.82) is 0 Å². The van der Waals surface area contributed by atoms with Crippen LogP contribution in [0.1, 0.15) is 35.2 Å². The second-order valence-corrected chi connectivity index (χ2v) is 6.67. The smallest absolute Gasteiger partial charge is 0.0326 e. The van der Waals surface area contributed by atoms with Crippen LogP contribution in [0.15, 0.2) is 41.3 Å². The summed E-state index contributed by atoms with van der Waals surface area (Å²) in [6, 6.07) is 13.2. The van der Waals surface area contributed by atoms with Gasteiger partial charge in [0.05, 0.1) is 0 Å². The Morgan fingerprint density at radius 2 is 1.78 bits per heavy atom. The summed E-state index contributed by atoms with van der Waals surface area (Å²) in [6.07, 6.45) is 1.14. The molecule has 0 bridgehead atoms. The fourth-order valence-corrected chi connectivity index (χ4v) is 3.61. The molecule has 1 aromatic carbocycles. The minimum absolute atomic E-state index is 0.119. The van der Waals surface area contributed by atoms with Crippen LogP contribution in [0.4, 0.5) is 0 Å². The van der Waals surface area contributed by atoms with Gasteiger partial charge in [-0.15, -0.1) is 23.1 Å². The number of thioether (sulfide) groups is 1. The number of hydrogen-bond donors (Lipinski definition) is 1. The number of hydrogen-bond acceptors (Lipinski definition) is 3. The van der Waals surface area contributed by atoms with Crippen molar-refractivity contribution in [3.8, 4) is 0 Å². The highest BCUT2D eigenvalue weighted by Gasteiger charge is 2.02. The van der Waals surface area contributed by atoms with Gasteiger partial charge in [-0.25, -0.2) is 0 Å². The molecule has 2 aromatic rings. The van der Waals surface area contributed by atoms with Crippen LogP contribution in [0.5, 0.6) is 0 Å². The zero-order valence-electron chi connectivity index (χ0n) is 10.8. The molecular weight excluding hydrogens is 258 g/mol.